The normalized spacial score (nSPS) is 17.5. The number of nitrogens with one attached hydrogen (secondary N) is 6. The van der Waals surface area contributed by atoms with Crippen molar-refractivity contribution in [2.45, 2.75) is 201 Å². The maximum atomic E-state index is 14.8. The molecule has 0 spiro atoms. The lowest BCUT2D eigenvalue weighted by molar-refractivity contribution is -0.149. The number of carbonyl (C=O) groups is 10. The Bertz CT molecular complexity index is 2320. The fraction of sp³-hybridized carbons (Fsp3) is 0.729. The zero-order valence-electron chi connectivity index (χ0n) is 52.5. The Morgan fingerprint density at radius 3 is 1.83 bits per heavy atom. The van der Waals surface area contributed by atoms with Gasteiger partial charge in [0.05, 0.1) is 43.7 Å². The smallest absolute Gasteiger partial charge is 0.408 e. The minimum absolute atomic E-state index is 0.00573. The van der Waals surface area contributed by atoms with Crippen LogP contribution in [-0.2, 0) is 63.7 Å². The monoisotopic (exact) mass is 1170 g/mol. The van der Waals surface area contributed by atoms with Crippen LogP contribution in [0.2, 0.25) is 0 Å². The Morgan fingerprint density at radius 1 is 0.711 bits per heavy atom. The van der Waals surface area contributed by atoms with Crippen LogP contribution in [0.15, 0.2) is 30.3 Å². The van der Waals surface area contributed by atoms with Gasteiger partial charge in [-0.05, 0) is 82.6 Å². The molecule has 1 unspecified atom stereocenters. The van der Waals surface area contributed by atoms with Crippen LogP contribution in [0, 0.1) is 29.6 Å². The summed E-state index contributed by atoms with van der Waals surface area (Å²) in [6.45, 7) is 22.9. The lowest BCUT2D eigenvalue weighted by atomic mass is 9.89. The third-order valence-electron chi connectivity index (χ3n) is 15.2. The molecule has 470 valence electrons. The van der Waals surface area contributed by atoms with Gasteiger partial charge in [0.2, 0.25) is 41.4 Å². The number of ether oxygens (including phenoxy) is 4. The Hall–Kier alpha value is -6.56. The van der Waals surface area contributed by atoms with Gasteiger partial charge in [-0.3, -0.25) is 33.6 Å². The molecular formula is C59H100N10O14. The number of urea groups is 1. The summed E-state index contributed by atoms with van der Waals surface area (Å²) in [6, 6.07) is 0.493. The van der Waals surface area contributed by atoms with Gasteiger partial charge >= 0.3 is 18.1 Å². The average Bonchev–Trinajstić information content (AvgIpc) is 4.02. The first-order valence-electron chi connectivity index (χ1n) is 29.0. The van der Waals surface area contributed by atoms with Crippen molar-refractivity contribution in [1.82, 2.24) is 46.6 Å². The van der Waals surface area contributed by atoms with Crippen LogP contribution in [0.1, 0.15) is 134 Å². The first-order chi connectivity index (χ1) is 38.8. The van der Waals surface area contributed by atoms with Gasteiger partial charge < -0.3 is 71.3 Å². The van der Waals surface area contributed by atoms with Gasteiger partial charge in [0.25, 0.3) is 0 Å². The number of rotatable bonds is 32. The van der Waals surface area contributed by atoms with Gasteiger partial charge in [0.15, 0.2) is 0 Å². The lowest BCUT2D eigenvalue weighted by Crippen LogP contribution is -2.61. The van der Waals surface area contributed by atoms with E-state index >= 15 is 0 Å². The highest BCUT2D eigenvalue weighted by Crippen LogP contribution is 2.30. The molecule has 83 heavy (non-hydrogen) atoms. The number of methoxy groups -OCH3 is 3. The highest BCUT2D eigenvalue weighted by Gasteiger charge is 2.44. The molecule has 0 aromatic heterocycles. The molecule has 2 rings (SSSR count). The summed E-state index contributed by atoms with van der Waals surface area (Å²) in [5.41, 5.74) is 5.21. The topological polar surface area (TPSA) is 316 Å². The van der Waals surface area contributed by atoms with Crippen LogP contribution in [0.4, 0.5) is 9.59 Å². The van der Waals surface area contributed by atoms with E-state index in [1.54, 1.807) is 81.2 Å². The fourth-order valence-electron chi connectivity index (χ4n) is 10.5. The molecular weight excluding hydrogens is 1070 g/mol. The molecule has 10 amide bonds. The van der Waals surface area contributed by atoms with Crippen LogP contribution in [0.25, 0.3) is 0 Å². The summed E-state index contributed by atoms with van der Waals surface area (Å²) in [6.07, 6.45) is -0.338. The second kappa shape index (κ2) is 34.3. The molecule has 1 aromatic rings. The van der Waals surface area contributed by atoms with Gasteiger partial charge in [-0.25, -0.2) is 14.4 Å². The van der Waals surface area contributed by atoms with E-state index in [9.17, 15) is 47.9 Å². The maximum absolute atomic E-state index is 14.8. The van der Waals surface area contributed by atoms with Gasteiger partial charge in [-0.1, -0.05) is 99.1 Å². The molecule has 0 radical (unpaired) electrons. The third-order valence-corrected chi connectivity index (χ3v) is 15.2. The molecule has 1 aliphatic rings. The van der Waals surface area contributed by atoms with Crippen molar-refractivity contribution in [3.63, 3.8) is 0 Å². The molecule has 1 aromatic carbocycles. The van der Waals surface area contributed by atoms with Crippen LogP contribution >= 0.6 is 0 Å². The number of amides is 10. The highest BCUT2D eigenvalue weighted by molar-refractivity contribution is 5.96. The van der Waals surface area contributed by atoms with Crippen molar-refractivity contribution < 1.29 is 66.9 Å². The van der Waals surface area contributed by atoms with E-state index in [0.29, 0.717) is 25.8 Å². The Labute approximate surface area is 492 Å². The van der Waals surface area contributed by atoms with Gasteiger partial charge in [0, 0.05) is 47.8 Å². The number of hydrogen-bond donors (Lipinski definition) is 7. The molecule has 24 nitrogen and oxygen atoms in total. The van der Waals surface area contributed by atoms with Gasteiger partial charge in [-0.2, -0.15) is 0 Å². The SMILES string of the molecule is CC[C@H](C)[C@@H]([C@@H](CC(=O)N1CCC[C@H]1[C@H](OC)[C@@H](C)C(=O)N[C@@H](Cc1ccccc1)C(=O)OC)OC)N(C)C(=O)[C@@H](NC(=O)[C@H](C(C)C)N(C)C(=O)[C@@H](C)NC(=O)C(CCCNC(N)=O)NC(=O)[C@@H](NC(=O)OC(C)(C)C)C(C)C)C(C)C. The number of likely N-dealkylation sites (N-methyl/N-ethyl adjacent to an activating group) is 2. The van der Waals surface area contributed by atoms with E-state index in [1.807, 2.05) is 44.2 Å². The number of hydrogen-bond acceptors (Lipinski definition) is 14. The van der Waals surface area contributed by atoms with Crippen LogP contribution < -0.4 is 37.6 Å². The minimum atomic E-state index is -1.25. The zero-order chi connectivity index (χ0) is 63.2. The number of benzene rings is 1. The van der Waals surface area contributed by atoms with E-state index in [2.05, 4.69) is 31.9 Å². The van der Waals surface area contributed by atoms with Crippen LogP contribution in [-0.4, -0.2) is 189 Å². The van der Waals surface area contributed by atoms with Crippen LogP contribution in [0.5, 0.6) is 0 Å². The largest absolute Gasteiger partial charge is 0.467 e. The quantitative estimate of drug-likeness (QED) is 0.0402. The van der Waals surface area contributed by atoms with Crippen molar-refractivity contribution in [1.29, 1.82) is 0 Å². The number of esters is 1. The first-order valence-corrected chi connectivity index (χ1v) is 29.0. The summed E-state index contributed by atoms with van der Waals surface area (Å²) in [5, 5.41) is 16.1. The molecule has 1 heterocycles. The minimum Gasteiger partial charge on any atom is -0.467 e. The average molecular weight is 1170 g/mol. The molecule has 1 aliphatic heterocycles. The number of primary amides is 1. The van der Waals surface area contributed by atoms with Crippen molar-refractivity contribution in [3.05, 3.63) is 35.9 Å². The van der Waals surface area contributed by atoms with Gasteiger partial charge in [-0.15, -0.1) is 0 Å². The third kappa shape index (κ3) is 22.2. The fourth-order valence-corrected chi connectivity index (χ4v) is 10.5. The Kier molecular flexibility index (Phi) is 30.0. The van der Waals surface area contributed by atoms with E-state index in [-0.39, 0.29) is 44.1 Å². The molecule has 8 N–H and O–H groups in total. The zero-order valence-corrected chi connectivity index (χ0v) is 52.5. The molecule has 0 bridgehead atoms. The maximum Gasteiger partial charge on any atom is 0.408 e. The van der Waals surface area contributed by atoms with Crippen molar-refractivity contribution in [2.24, 2.45) is 35.3 Å². The number of alkyl carbamates (subject to hydrolysis) is 1. The second-order valence-corrected chi connectivity index (χ2v) is 23.8. The number of likely N-dealkylation sites (tertiary alicyclic amines) is 1. The lowest BCUT2D eigenvalue weighted by Gasteiger charge is -2.41. The summed E-state index contributed by atoms with van der Waals surface area (Å²) in [4.78, 5) is 141. The van der Waals surface area contributed by atoms with Crippen molar-refractivity contribution in [2.75, 3.05) is 48.5 Å². The molecule has 1 fully saturated rings. The molecule has 0 aliphatic carbocycles. The van der Waals surface area contributed by atoms with Gasteiger partial charge in [0.1, 0.15) is 41.9 Å². The van der Waals surface area contributed by atoms with Crippen LogP contribution in [0.3, 0.4) is 0 Å². The van der Waals surface area contributed by atoms with E-state index in [1.165, 1.54) is 45.1 Å². The molecule has 24 heteroatoms. The molecule has 12 atom stereocenters. The summed E-state index contributed by atoms with van der Waals surface area (Å²) in [7, 11) is 7.25. The number of carbonyl (C=O) groups excluding carboxylic acids is 10. The summed E-state index contributed by atoms with van der Waals surface area (Å²) < 4.78 is 22.4. The molecule has 0 saturated carbocycles. The van der Waals surface area contributed by atoms with E-state index in [4.69, 9.17) is 24.7 Å². The summed E-state index contributed by atoms with van der Waals surface area (Å²) >= 11 is 0. The van der Waals surface area contributed by atoms with Crippen molar-refractivity contribution >= 4 is 59.4 Å². The van der Waals surface area contributed by atoms with E-state index in [0.717, 1.165) is 5.56 Å². The van der Waals surface area contributed by atoms with E-state index < -0.39 is 143 Å². The highest BCUT2D eigenvalue weighted by atomic mass is 16.6. The second-order valence-electron chi connectivity index (χ2n) is 23.8. The number of nitrogens with two attached hydrogens (primary N) is 1. The Morgan fingerprint density at radius 2 is 1.31 bits per heavy atom. The predicted octanol–water partition coefficient (Wildman–Crippen LogP) is 3.42. The Balaban J connectivity index is 2.34. The standard InChI is InChI=1S/C59H100N10O14/c1-19-36(8)48(43(80-16)32-44(70)69-30-24-28-42(69)49(81-17)37(9)50(71)64-41(56(77)82-18)31-39-25-21-20-22-26-39)68(15)55(76)46(34(4)5)65-53(74)47(35(6)7)67(14)54(75)38(10)62-51(72)40(27-23-29-61-57(60)78)63-52(73)45(33(2)3)66-58(79)83-59(11,12)13/h20-22,25-26,33-38,40-43,45-49H,19,23-24,27-32H2,1-18H3,(H,62,72)(H,63,73)(H,64,71)(H,65,74)(H,66,79)(H3,60,61,78)/t36-,37+,38+,40?,41-,42-,43+,45-,46-,47-,48-,49+/m0/s1. The first kappa shape index (κ1) is 72.5. The predicted molar refractivity (Wildman–Crippen MR) is 313 cm³/mol. The number of nitrogens with zero attached hydrogens (tertiary/aromatic N) is 3. The summed E-state index contributed by atoms with van der Waals surface area (Å²) in [5.74, 6) is -6.89. The molecule has 1 saturated heterocycles. The van der Waals surface area contributed by atoms with Crippen molar-refractivity contribution in [3.8, 4) is 0 Å².